The summed E-state index contributed by atoms with van der Waals surface area (Å²) in [7, 11) is 1.48. The summed E-state index contributed by atoms with van der Waals surface area (Å²) in [5.74, 6) is -0.725. The number of halogens is 1. The highest BCUT2D eigenvalue weighted by Crippen LogP contribution is 2.55. The third-order valence-electron chi connectivity index (χ3n) is 5.04. The number of nitrogens with zero attached hydrogens (tertiary/aromatic N) is 3. The maximum absolute atomic E-state index is 13.0. The predicted octanol–water partition coefficient (Wildman–Crippen LogP) is 1.64. The molecule has 23 heavy (non-hydrogen) atoms. The second-order valence-corrected chi connectivity index (χ2v) is 7.93. The van der Waals surface area contributed by atoms with Gasteiger partial charge >= 0.3 is 0 Å². The van der Waals surface area contributed by atoms with Crippen molar-refractivity contribution in [2.24, 2.45) is 5.41 Å². The van der Waals surface area contributed by atoms with Gasteiger partial charge in [0.05, 0.1) is 24.1 Å². The molecular weight excluding hydrogens is 362 g/mol. The topological polar surface area (TPSA) is 60.9 Å². The van der Waals surface area contributed by atoms with E-state index < -0.39 is 11.0 Å². The molecule has 3 aliphatic rings. The standard InChI is InChI=1S/C16H16BrN3O3/c1-15(2)8-19-11-5-4-9(17)6-10(11)16(20(19)13(15)22)7-12(21)18(3)14(16)23/h4-6H,7-8H2,1-3H3. The van der Waals surface area contributed by atoms with Gasteiger partial charge in [-0.2, -0.15) is 0 Å². The number of carbonyl (C=O) groups excluding carboxylic acids is 3. The molecule has 7 heteroatoms. The molecule has 0 radical (unpaired) electrons. The zero-order valence-corrected chi connectivity index (χ0v) is 14.7. The smallest absolute Gasteiger partial charge is 0.262 e. The molecule has 1 atom stereocenters. The Balaban J connectivity index is 2.01. The van der Waals surface area contributed by atoms with Gasteiger partial charge in [0.15, 0.2) is 5.54 Å². The van der Waals surface area contributed by atoms with Crippen LogP contribution in [0, 0.1) is 5.41 Å². The fraction of sp³-hybridized carbons (Fsp3) is 0.438. The van der Waals surface area contributed by atoms with Gasteiger partial charge in [-0.1, -0.05) is 15.9 Å². The average Bonchev–Trinajstić information content (AvgIpc) is 2.96. The normalized spacial score (nSPS) is 28.2. The fourth-order valence-electron chi connectivity index (χ4n) is 3.84. The lowest BCUT2D eigenvalue weighted by atomic mass is 9.84. The number of fused-ring (bicyclic) bond motifs is 5. The van der Waals surface area contributed by atoms with Crippen LogP contribution in [0.5, 0.6) is 0 Å². The highest BCUT2D eigenvalue weighted by molar-refractivity contribution is 9.10. The lowest BCUT2D eigenvalue weighted by Crippen LogP contribution is -2.53. The quantitative estimate of drug-likeness (QED) is 0.644. The van der Waals surface area contributed by atoms with Crippen molar-refractivity contribution in [1.29, 1.82) is 0 Å². The molecule has 1 unspecified atom stereocenters. The van der Waals surface area contributed by atoms with Crippen LogP contribution in [0.3, 0.4) is 0 Å². The maximum Gasteiger partial charge on any atom is 0.262 e. The third-order valence-corrected chi connectivity index (χ3v) is 5.53. The van der Waals surface area contributed by atoms with Crippen molar-refractivity contribution in [2.75, 3.05) is 18.6 Å². The number of amides is 3. The Labute approximate surface area is 142 Å². The van der Waals surface area contributed by atoms with Gasteiger partial charge in [0.1, 0.15) is 0 Å². The summed E-state index contributed by atoms with van der Waals surface area (Å²) in [6.45, 7) is 4.23. The van der Waals surface area contributed by atoms with E-state index in [1.54, 1.807) is 0 Å². The van der Waals surface area contributed by atoms with E-state index in [1.165, 1.54) is 12.1 Å². The number of hydrogen-bond acceptors (Lipinski definition) is 4. The Morgan fingerprint density at radius 2 is 1.83 bits per heavy atom. The van der Waals surface area contributed by atoms with E-state index in [1.807, 2.05) is 37.1 Å². The zero-order chi connectivity index (χ0) is 16.7. The van der Waals surface area contributed by atoms with Crippen molar-refractivity contribution in [3.05, 3.63) is 28.2 Å². The summed E-state index contributed by atoms with van der Waals surface area (Å²) in [5, 5.41) is 3.38. The lowest BCUT2D eigenvalue weighted by molar-refractivity contribution is -0.149. The summed E-state index contributed by atoms with van der Waals surface area (Å²) in [5.41, 5.74) is -0.292. The van der Waals surface area contributed by atoms with Crippen molar-refractivity contribution < 1.29 is 14.4 Å². The van der Waals surface area contributed by atoms with Crippen LogP contribution >= 0.6 is 15.9 Å². The van der Waals surface area contributed by atoms with E-state index in [4.69, 9.17) is 0 Å². The first-order valence-electron chi connectivity index (χ1n) is 7.43. The number of imide groups is 1. The van der Waals surface area contributed by atoms with Crippen LogP contribution in [-0.4, -0.2) is 41.2 Å². The van der Waals surface area contributed by atoms with Crippen LogP contribution in [0.2, 0.25) is 0 Å². The van der Waals surface area contributed by atoms with E-state index in [0.717, 1.165) is 20.6 Å². The van der Waals surface area contributed by atoms with Gasteiger partial charge in [-0.05, 0) is 32.0 Å². The van der Waals surface area contributed by atoms with Gasteiger partial charge in [0.25, 0.3) is 5.91 Å². The van der Waals surface area contributed by atoms with Crippen molar-refractivity contribution in [1.82, 2.24) is 9.91 Å². The number of likely N-dealkylation sites (tertiary alicyclic amines) is 1. The minimum atomic E-state index is -1.24. The average molecular weight is 378 g/mol. The largest absolute Gasteiger partial charge is 0.283 e. The van der Waals surface area contributed by atoms with E-state index in [0.29, 0.717) is 6.54 Å². The molecule has 0 aliphatic carbocycles. The number of hydrogen-bond donors (Lipinski definition) is 0. The van der Waals surface area contributed by atoms with E-state index >= 15 is 0 Å². The predicted molar refractivity (Wildman–Crippen MR) is 86.2 cm³/mol. The van der Waals surface area contributed by atoms with Crippen LogP contribution in [0.15, 0.2) is 22.7 Å². The molecule has 0 aromatic heterocycles. The van der Waals surface area contributed by atoms with E-state index in [9.17, 15) is 14.4 Å². The SMILES string of the molecule is CN1C(=O)CC2(C1=O)c1cc(Br)ccc1N1CC(C)(C)C(=O)N12. The van der Waals surface area contributed by atoms with E-state index in [-0.39, 0.29) is 24.1 Å². The van der Waals surface area contributed by atoms with Crippen molar-refractivity contribution in [3.63, 3.8) is 0 Å². The van der Waals surface area contributed by atoms with Gasteiger partial charge in [0.2, 0.25) is 11.8 Å². The monoisotopic (exact) mass is 377 g/mol. The third kappa shape index (κ3) is 1.56. The Kier molecular flexibility index (Phi) is 2.64. The van der Waals surface area contributed by atoms with Gasteiger partial charge in [-0.25, -0.2) is 5.01 Å². The highest BCUT2D eigenvalue weighted by Gasteiger charge is 2.67. The summed E-state index contributed by atoms with van der Waals surface area (Å²) in [4.78, 5) is 39.3. The molecule has 0 N–H and O–H groups in total. The molecule has 1 aromatic carbocycles. The zero-order valence-electron chi connectivity index (χ0n) is 13.1. The minimum Gasteiger partial charge on any atom is -0.283 e. The van der Waals surface area contributed by atoms with Gasteiger partial charge in [-0.15, -0.1) is 0 Å². The number of rotatable bonds is 0. The minimum absolute atomic E-state index is 0.00981. The molecule has 1 aromatic rings. The Hall–Kier alpha value is -1.89. The molecule has 4 rings (SSSR count). The number of carbonyl (C=O) groups is 3. The molecule has 2 saturated heterocycles. The molecule has 2 fully saturated rings. The number of likely N-dealkylation sites (N-methyl/N-ethyl adjacent to an activating group) is 1. The number of benzene rings is 1. The molecule has 6 nitrogen and oxygen atoms in total. The van der Waals surface area contributed by atoms with Gasteiger partial charge in [0, 0.05) is 17.1 Å². The molecule has 0 bridgehead atoms. The van der Waals surface area contributed by atoms with Gasteiger partial charge in [-0.3, -0.25) is 24.3 Å². The molecule has 0 saturated carbocycles. The molecule has 3 aliphatic heterocycles. The second-order valence-electron chi connectivity index (χ2n) is 7.01. The molecule has 120 valence electrons. The number of hydrazine groups is 1. The first kappa shape index (κ1) is 14.7. The molecule has 1 spiro atoms. The summed E-state index contributed by atoms with van der Waals surface area (Å²) in [6.07, 6.45) is -0.00981. The van der Waals surface area contributed by atoms with Crippen molar-refractivity contribution in [3.8, 4) is 0 Å². The van der Waals surface area contributed by atoms with Crippen molar-refractivity contribution >= 4 is 39.3 Å². The van der Waals surface area contributed by atoms with Crippen LogP contribution in [0.1, 0.15) is 25.8 Å². The first-order valence-corrected chi connectivity index (χ1v) is 8.22. The van der Waals surface area contributed by atoms with Gasteiger partial charge < -0.3 is 0 Å². The fourth-order valence-corrected chi connectivity index (χ4v) is 4.20. The van der Waals surface area contributed by atoms with Crippen LogP contribution in [0.25, 0.3) is 0 Å². The molecule has 3 amide bonds. The maximum atomic E-state index is 13.0. The van der Waals surface area contributed by atoms with Crippen LogP contribution in [-0.2, 0) is 19.9 Å². The Morgan fingerprint density at radius 1 is 1.13 bits per heavy atom. The van der Waals surface area contributed by atoms with E-state index in [2.05, 4.69) is 15.9 Å². The highest BCUT2D eigenvalue weighted by atomic mass is 79.9. The Bertz CT molecular complexity index is 791. The summed E-state index contributed by atoms with van der Waals surface area (Å²) >= 11 is 3.43. The Morgan fingerprint density at radius 3 is 2.43 bits per heavy atom. The van der Waals surface area contributed by atoms with Crippen LogP contribution < -0.4 is 5.01 Å². The summed E-state index contributed by atoms with van der Waals surface area (Å²) < 4.78 is 0.819. The molecule has 3 heterocycles. The van der Waals surface area contributed by atoms with Crippen molar-refractivity contribution in [2.45, 2.75) is 25.8 Å². The second kappa shape index (κ2) is 4.14. The lowest BCUT2D eigenvalue weighted by Gasteiger charge is -2.33. The molecular formula is C16H16BrN3O3. The first-order chi connectivity index (χ1) is 10.7. The van der Waals surface area contributed by atoms with Crippen LogP contribution in [0.4, 0.5) is 5.69 Å². The number of anilines is 1. The summed E-state index contributed by atoms with van der Waals surface area (Å²) in [6, 6.07) is 5.63.